The number of carboxylic acids is 2. The number of aromatic amines is 1. The molecule has 3 aliphatic carbocycles. The molecule has 8 aliphatic rings. The Hall–Kier alpha value is -15.4. The Morgan fingerprint density at radius 3 is 1.30 bits per heavy atom. The molecule has 5 aliphatic heterocycles. The molecule has 0 atom stereocenters. The van der Waals surface area contributed by atoms with Crippen LogP contribution < -0.4 is 31.4 Å². The van der Waals surface area contributed by atoms with Crippen LogP contribution in [0.25, 0.3) is 11.2 Å². The molecule has 0 unspecified atom stereocenters. The van der Waals surface area contributed by atoms with Gasteiger partial charge in [-0.1, -0.05) is 24.0 Å². The molecule has 5 amide bonds. The zero-order valence-corrected chi connectivity index (χ0v) is 71.1. The summed E-state index contributed by atoms with van der Waals surface area (Å²) in [7, 11) is 1.30. The van der Waals surface area contributed by atoms with E-state index in [1.807, 2.05) is 0 Å². The first kappa shape index (κ1) is 89.8. The Balaban J connectivity index is 0.000000133. The summed E-state index contributed by atoms with van der Waals surface area (Å²) in [6.45, 7) is 12.7. The number of aliphatic carboxylic acids is 1. The van der Waals surface area contributed by atoms with E-state index in [1.54, 1.807) is 77.2 Å². The second kappa shape index (κ2) is 36.3. The second-order valence-electron chi connectivity index (χ2n) is 32.1. The smallest absolute Gasteiger partial charge is 0.382 e. The molecule has 18 rings (SSSR count). The highest BCUT2D eigenvalue weighted by molar-refractivity contribution is 6.46. The zero-order chi connectivity index (χ0) is 92.6. The van der Waals surface area contributed by atoms with E-state index in [4.69, 9.17) is 37.4 Å². The van der Waals surface area contributed by atoms with Crippen molar-refractivity contribution in [3.63, 3.8) is 0 Å². The lowest BCUT2D eigenvalue weighted by Gasteiger charge is -2.14. The minimum Gasteiger partial charge on any atom is -0.477 e. The predicted octanol–water partition coefficient (Wildman–Crippen LogP) is 7.44. The molecule has 666 valence electrons. The summed E-state index contributed by atoms with van der Waals surface area (Å²) in [5.74, 6) is -7.53. The van der Waals surface area contributed by atoms with Gasteiger partial charge in [-0.05, 0) is 231 Å². The summed E-state index contributed by atoms with van der Waals surface area (Å²) in [5.41, 5.74) is 7.48. The molecule has 0 bridgehead atoms. The topological polar surface area (TPSA) is 494 Å². The molecule has 10 aromatic rings. The number of esters is 2. The number of benzene rings is 2. The number of carbonyl (C=O) groups is 15. The highest BCUT2D eigenvalue weighted by Gasteiger charge is 2.51. The number of Topliss-reactive ketones (excluding diaryl/α,β-unsaturated/α-hetero) is 5. The third kappa shape index (κ3) is 17.5. The van der Waals surface area contributed by atoms with E-state index in [9.17, 15) is 80.7 Å². The molecular weight excluding hydrogens is 1680 g/mol. The van der Waals surface area contributed by atoms with Gasteiger partial charge >= 0.3 is 29.8 Å². The van der Waals surface area contributed by atoms with Crippen LogP contribution in [0.3, 0.4) is 0 Å². The summed E-state index contributed by atoms with van der Waals surface area (Å²) >= 11 is 0. The second-order valence-corrected chi connectivity index (χ2v) is 32.1. The Morgan fingerprint density at radius 1 is 0.512 bits per heavy atom. The van der Waals surface area contributed by atoms with Gasteiger partial charge in [0, 0.05) is 78.8 Å². The molecule has 2 aromatic carbocycles. The van der Waals surface area contributed by atoms with Crippen molar-refractivity contribution >= 4 is 111 Å². The normalized spacial score (nSPS) is 15.1. The quantitative estimate of drug-likeness (QED) is 0.0101. The van der Waals surface area contributed by atoms with Gasteiger partial charge in [0.2, 0.25) is 5.65 Å². The molecule has 37 nitrogen and oxygen atoms in total. The monoisotopic (exact) mass is 1760 g/mol. The lowest BCUT2D eigenvalue weighted by Crippen LogP contribution is -2.40. The minimum absolute atomic E-state index is 0.0297. The van der Waals surface area contributed by atoms with Gasteiger partial charge in [0.05, 0.1) is 53.3 Å². The van der Waals surface area contributed by atoms with E-state index in [0.717, 1.165) is 42.6 Å². The largest absolute Gasteiger partial charge is 0.477 e. The SMILES string of the molecule is C#CC1(NC(=O)C(=O)c2c(C)c(C(=O)Nc3cccc(F)c3)n3c2CCC3)CC1.C#CC1(NC(=O)C(=O)c2c(C)c(C(=O)On3nnc4cccnc43)n3c2CCC3)CC1.CCOC(=O)C(=O)c1c(C)c(C(=O)OC)n2c1CCC2.Cc1c(C(=O)C(=O)NC2(c3cn[nH]n3)CC2)c2n(c1C(=O)Nc1cccc(F)c1)CCC2.Cc1c(C(=O)C(=O)O)c2n(c1C(=O)O)CCC2. The average molecular weight is 1760 g/mol. The van der Waals surface area contributed by atoms with Gasteiger partial charge in [-0.2, -0.15) is 15.4 Å². The molecule has 3 fully saturated rings. The minimum atomic E-state index is -1.55. The van der Waals surface area contributed by atoms with Crippen molar-refractivity contribution in [3.8, 4) is 24.7 Å². The number of aromatic nitrogens is 12. The number of fused-ring (bicyclic) bond motifs is 6. The maximum absolute atomic E-state index is 13.5. The molecule has 39 heteroatoms. The Labute approximate surface area is 732 Å². The van der Waals surface area contributed by atoms with Crippen LogP contribution in [0.2, 0.25) is 0 Å². The summed E-state index contributed by atoms with van der Waals surface area (Å²) in [4.78, 5) is 196. The van der Waals surface area contributed by atoms with Crippen LogP contribution in [0, 0.1) is 70.9 Å². The molecule has 13 heterocycles. The first-order chi connectivity index (χ1) is 61.7. The maximum Gasteiger partial charge on any atom is 0.382 e. The standard InChI is InChI=1S/C22H21FN6O3.C22H20FN3O3.C21H18N6O4.C14H17NO5.C11H11NO5/c1-12-17(19(30)21(32)26-22(7-8-22)16-11-24-28-27-16)15-6-3-9-29(15)18(12)20(31)25-14-5-2-4-13(23)10-14;1-3-22(9-10-22)25-21(29)19(27)17-13(2)18(26-11-5-8-16(17)26)20(28)24-15-7-4-6-14(23)12-15;1-3-21(8-9-21)23-19(29)17(28)15-12(2)16(26-11-5-7-14(15)26)20(30)31-27-18-13(24-25-27)6-4-10-22-18;1-4-20-14(18)12(16)10-8(2)11(13(17)19-3)15-7-5-6-9(10)15;1-5-7(9(13)11(16)17)6-3-2-4-12(6)8(5)10(14)15/h2,4-5,10-11H,3,6-9H2,1H3,(H,25,31)(H,26,32)(H,24,27,28);1,4,6-7,12H,5,8-11H2,2H3,(H,24,28)(H,25,29);1,4,6,10H,5,7-9,11H2,2H3,(H,23,29);4-7H2,1-3H3;2-4H2,1H3,(H,14,15)(H,16,17). The van der Waals surface area contributed by atoms with E-state index >= 15 is 0 Å². The number of hydrogen-bond acceptors (Lipinski definition) is 23. The van der Waals surface area contributed by atoms with Crippen molar-refractivity contribution in [2.75, 3.05) is 24.4 Å². The third-order valence-electron chi connectivity index (χ3n) is 23.9. The van der Waals surface area contributed by atoms with Crippen molar-refractivity contribution in [2.45, 2.75) is 194 Å². The van der Waals surface area contributed by atoms with Crippen LogP contribution in [-0.2, 0) is 104 Å². The molecule has 8 N–H and O–H groups in total. The fourth-order valence-electron chi connectivity index (χ4n) is 17.5. The Morgan fingerprint density at radius 2 is 0.915 bits per heavy atom. The summed E-state index contributed by atoms with van der Waals surface area (Å²) < 4.78 is 45.0. The number of halogens is 2. The van der Waals surface area contributed by atoms with E-state index in [1.165, 1.54) is 67.4 Å². The number of ether oxygens (including phenoxy) is 2. The fourth-order valence-corrected chi connectivity index (χ4v) is 17.5. The van der Waals surface area contributed by atoms with Gasteiger partial charge in [-0.25, -0.2) is 37.7 Å². The van der Waals surface area contributed by atoms with Crippen LogP contribution in [0.4, 0.5) is 20.2 Å². The number of H-pyrrole nitrogens is 1. The Kier molecular flexibility index (Phi) is 25.2. The van der Waals surface area contributed by atoms with Crippen LogP contribution in [0.1, 0.15) is 244 Å². The Bertz CT molecular complexity index is 6520. The van der Waals surface area contributed by atoms with Gasteiger partial charge in [-0.15, -0.1) is 17.9 Å². The summed E-state index contributed by atoms with van der Waals surface area (Å²) in [6, 6.07) is 14.6. The van der Waals surface area contributed by atoms with E-state index in [2.05, 4.69) is 69.1 Å². The number of methoxy groups -OCH3 is 1. The van der Waals surface area contributed by atoms with Crippen molar-refractivity contribution in [3.05, 3.63) is 203 Å². The molecule has 129 heavy (non-hydrogen) atoms. The van der Waals surface area contributed by atoms with E-state index < -0.39 is 117 Å². The maximum atomic E-state index is 13.5. The van der Waals surface area contributed by atoms with Crippen LogP contribution in [0.15, 0.2) is 73.1 Å². The molecule has 0 spiro atoms. The number of ketones is 5. The first-order valence-corrected chi connectivity index (χ1v) is 41.5. The van der Waals surface area contributed by atoms with E-state index in [0.29, 0.717) is 199 Å². The van der Waals surface area contributed by atoms with Crippen molar-refractivity contribution < 1.29 is 105 Å². The number of rotatable bonds is 23. The number of nitrogens with zero attached hydrogens (tertiary/aromatic N) is 11. The van der Waals surface area contributed by atoms with E-state index in [-0.39, 0.29) is 45.8 Å². The van der Waals surface area contributed by atoms with Crippen LogP contribution >= 0.6 is 0 Å². The number of amides is 5. The number of terminal acetylenes is 2. The highest BCUT2D eigenvalue weighted by Crippen LogP contribution is 2.45. The highest BCUT2D eigenvalue weighted by atomic mass is 19.1. The summed E-state index contributed by atoms with van der Waals surface area (Å²) in [5, 5.41) is 49.3. The first-order valence-electron chi connectivity index (χ1n) is 41.5. The lowest BCUT2D eigenvalue weighted by atomic mass is 10.0. The third-order valence-corrected chi connectivity index (χ3v) is 23.9. The van der Waals surface area contributed by atoms with Gasteiger partial charge in [-0.3, -0.25) is 47.9 Å². The molecular formula is C90H87F2N17O20. The average Bonchev–Trinajstić information content (AvgIpc) is 1.60. The van der Waals surface area contributed by atoms with Gasteiger partial charge < -0.3 is 73.9 Å². The van der Waals surface area contributed by atoms with Gasteiger partial charge in [0.1, 0.15) is 62.4 Å². The molecule has 8 aromatic heterocycles. The van der Waals surface area contributed by atoms with Crippen molar-refractivity contribution in [1.29, 1.82) is 0 Å². The predicted molar refractivity (Wildman–Crippen MR) is 450 cm³/mol. The zero-order valence-electron chi connectivity index (χ0n) is 71.1. The van der Waals surface area contributed by atoms with Crippen molar-refractivity contribution in [1.82, 2.24) is 74.3 Å². The number of nitrogens with one attached hydrogen (secondary N) is 6. The number of carbonyl (C=O) groups excluding carboxylic acids is 13. The fraction of sp³-hybridized carbons (Fsp3) is 0.356. The number of anilines is 2. The summed E-state index contributed by atoms with van der Waals surface area (Å²) in [6.07, 6.45) is 24.8. The van der Waals surface area contributed by atoms with Crippen LogP contribution in [0.5, 0.6) is 0 Å². The molecule has 0 saturated heterocycles. The van der Waals surface area contributed by atoms with Crippen molar-refractivity contribution in [2.24, 2.45) is 0 Å². The number of carboxylic acid groups (broad SMARTS) is 2. The molecule has 3 saturated carbocycles. The van der Waals surface area contributed by atoms with Gasteiger partial charge in [0.25, 0.3) is 58.5 Å². The lowest BCUT2D eigenvalue weighted by molar-refractivity contribution is -0.137. The van der Waals surface area contributed by atoms with Gasteiger partial charge in [0.15, 0.2) is 0 Å². The number of hydrogen-bond donors (Lipinski definition) is 8. The number of pyridine rings is 1. The number of aromatic carboxylic acids is 1. The molecule has 0 radical (unpaired) electrons. The van der Waals surface area contributed by atoms with Crippen LogP contribution in [-0.4, -0.2) is 182 Å².